The summed E-state index contributed by atoms with van der Waals surface area (Å²) < 4.78 is 17.8. The lowest BCUT2D eigenvalue weighted by atomic mass is 9.95. The SMILES string of the molecule is CC(C)c1nccn1CCn1cc2c(n1)CCc1c-2sc2ncnc(Nc3ccc(F)c(Cl)c3)c12. The number of hydrogen-bond donors (Lipinski definition) is 1. The van der Waals surface area contributed by atoms with Gasteiger partial charge >= 0.3 is 0 Å². The smallest absolute Gasteiger partial charge is 0.142 e. The Morgan fingerprint density at radius 2 is 2.06 bits per heavy atom. The Morgan fingerprint density at radius 3 is 2.89 bits per heavy atom. The zero-order valence-corrected chi connectivity index (χ0v) is 20.9. The average Bonchev–Trinajstić information content (AvgIpc) is 3.56. The fraction of sp³-hybridized carbons (Fsp3) is 0.280. The topological polar surface area (TPSA) is 73.5 Å². The maximum Gasteiger partial charge on any atom is 0.142 e. The number of anilines is 2. The van der Waals surface area contributed by atoms with Crippen molar-refractivity contribution >= 4 is 44.7 Å². The van der Waals surface area contributed by atoms with Gasteiger partial charge in [-0.2, -0.15) is 5.10 Å². The molecule has 1 N–H and O–H groups in total. The Labute approximate surface area is 210 Å². The van der Waals surface area contributed by atoms with Crippen LogP contribution < -0.4 is 5.32 Å². The van der Waals surface area contributed by atoms with Gasteiger partial charge in [0.25, 0.3) is 0 Å². The van der Waals surface area contributed by atoms with Crippen LogP contribution in [0.15, 0.2) is 43.1 Å². The van der Waals surface area contributed by atoms with Gasteiger partial charge in [0.2, 0.25) is 0 Å². The molecular formula is C25H23ClFN7S. The Kier molecular flexibility index (Phi) is 5.53. The van der Waals surface area contributed by atoms with E-state index in [9.17, 15) is 4.39 Å². The maximum atomic E-state index is 13.6. The number of aromatic nitrogens is 6. The Balaban J connectivity index is 1.32. The largest absolute Gasteiger partial charge is 0.340 e. The number of rotatable bonds is 6. The summed E-state index contributed by atoms with van der Waals surface area (Å²) >= 11 is 7.64. The molecule has 6 rings (SSSR count). The molecule has 0 unspecified atom stereocenters. The molecule has 7 nitrogen and oxygen atoms in total. The third-order valence-electron chi connectivity index (χ3n) is 6.30. The zero-order valence-electron chi connectivity index (χ0n) is 19.3. The van der Waals surface area contributed by atoms with E-state index in [4.69, 9.17) is 16.7 Å². The molecule has 0 atom stereocenters. The predicted octanol–water partition coefficient (Wildman–Crippen LogP) is 6.21. The van der Waals surface area contributed by atoms with Crippen molar-refractivity contribution in [3.63, 3.8) is 0 Å². The van der Waals surface area contributed by atoms with Gasteiger partial charge in [-0.25, -0.2) is 19.3 Å². The molecule has 178 valence electrons. The number of halogens is 2. The maximum absolute atomic E-state index is 13.6. The van der Waals surface area contributed by atoms with Crippen LogP contribution >= 0.6 is 22.9 Å². The first kappa shape index (κ1) is 22.2. The van der Waals surface area contributed by atoms with Gasteiger partial charge in [0.05, 0.1) is 22.6 Å². The lowest BCUT2D eigenvalue weighted by molar-refractivity contribution is 0.508. The molecule has 5 aromatic rings. The highest BCUT2D eigenvalue weighted by Gasteiger charge is 2.26. The molecule has 0 saturated carbocycles. The standard InChI is InChI=1S/C25H23ClFN7S/c1-14(2)24-28-7-8-33(24)9-10-34-12-17-20(32-34)6-4-16-21-23(29-13-30-25(21)35-22(16)17)31-15-3-5-19(27)18(26)11-15/h3,5,7-8,11-14H,4,6,9-10H2,1-2H3,(H,29,30,31). The van der Waals surface area contributed by atoms with Crippen molar-refractivity contribution in [2.24, 2.45) is 0 Å². The van der Waals surface area contributed by atoms with E-state index in [1.165, 1.54) is 22.1 Å². The number of imidazole rings is 1. The Hall–Kier alpha value is -3.30. The molecule has 1 aliphatic carbocycles. The molecule has 0 amide bonds. The van der Waals surface area contributed by atoms with Crippen LogP contribution in [0.5, 0.6) is 0 Å². The average molecular weight is 508 g/mol. The third-order valence-corrected chi connectivity index (χ3v) is 7.76. The molecule has 0 radical (unpaired) electrons. The van der Waals surface area contributed by atoms with Crippen molar-refractivity contribution in [3.05, 3.63) is 71.0 Å². The number of hydrogen-bond acceptors (Lipinski definition) is 6. The molecular weight excluding hydrogens is 485 g/mol. The second kappa shape index (κ2) is 8.73. The van der Waals surface area contributed by atoms with Gasteiger partial charge in [-0.1, -0.05) is 25.4 Å². The van der Waals surface area contributed by atoms with Gasteiger partial charge in [-0.05, 0) is 36.6 Å². The van der Waals surface area contributed by atoms with E-state index in [0.717, 1.165) is 47.7 Å². The van der Waals surface area contributed by atoms with Crippen LogP contribution in [0, 0.1) is 5.82 Å². The summed E-state index contributed by atoms with van der Waals surface area (Å²) in [7, 11) is 0. The number of nitrogens with zero attached hydrogens (tertiary/aromatic N) is 6. The number of benzene rings is 1. The molecule has 4 aromatic heterocycles. The molecule has 0 saturated heterocycles. The third kappa shape index (κ3) is 3.98. The lowest BCUT2D eigenvalue weighted by Crippen LogP contribution is -2.11. The van der Waals surface area contributed by atoms with Crippen molar-refractivity contribution in [2.75, 3.05) is 5.32 Å². The first-order valence-electron chi connectivity index (χ1n) is 11.5. The molecule has 35 heavy (non-hydrogen) atoms. The van der Waals surface area contributed by atoms with Crippen LogP contribution in [-0.2, 0) is 25.9 Å². The van der Waals surface area contributed by atoms with Crippen LogP contribution in [0.4, 0.5) is 15.9 Å². The fourth-order valence-electron chi connectivity index (χ4n) is 4.67. The van der Waals surface area contributed by atoms with Crippen LogP contribution in [0.3, 0.4) is 0 Å². The van der Waals surface area contributed by atoms with Crippen molar-refractivity contribution in [3.8, 4) is 10.4 Å². The summed E-state index contributed by atoms with van der Waals surface area (Å²) in [5.74, 6) is 1.73. The lowest BCUT2D eigenvalue weighted by Gasteiger charge is -2.12. The second-order valence-corrected chi connectivity index (χ2v) is 10.4. The molecule has 4 heterocycles. The van der Waals surface area contributed by atoms with E-state index in [1.54, 1.807) is 29.8 Å². The van der Waals surface area contributed by atoms with Gasteiger partial charge in [0.1, 0.15) is 28.6 Å². The van der Waals surface area contributed by atoms with E-state index < -0.39 is 5.82 Å². The molecule has 0 bridgehead atoms. The molecule has 0 spiro atoms. The van der Waals surface area contributed by atoms with Gasteiger partial charge in [-0.3, -0.25) is 4.68 Å². The van der Waals surface area contributed by atoms with Gasteiger partial charge in [0, 0.05) is 47.2 Å². The van der Waals surface area contributed by atoms with Crippen molar-refractivity contribution < 1.29 is 4.39 Å². The van der Waals surface area contributed by atoms with Crippen LogP contribution in [0.2, 0.25) is 5.02 Å². The number of thiophene rings is 1. The Bertz CT molecular complexity index is 1550. The van der Waals surface area contributed by atoms with Gasteiger partial charge in [0.15, 0.2) is 0 Å². The van der Waals surface area contributed by atoms with Gasteiger partial charge < -0.3 is 9.88 Å². The van der Waals surface area contributed by atoms with E-state index in [1.807, 2.05) is 17.1 Å². The molecule has 1 aromatic carbocycles. The molecule has 0 aliphatic heterocycles. The summed E-state index contributed by atoms with van der Waals surface area (Å²) in [5.41, 5.74) is 4.19. The zero-order chi connectivity index (χ0) is 24.1. The first-order valence-corrected chi connectivity index (χ1v) is 12.7. The number of aryl methyl sites for hydroxylation is 4. The van der Waals surface area contributed by atoms with Crippen LogP contribution in [-0.4, -0.2) is 29.3 Å². The van der Waals surface area contributed by atoms with Crippen molar-refractivity contribution in [1.82, 2.24) is 29.3 Å². The first-order chi connectivity index (χ1) is 17.0. The summed E-state index contributed by atoms with van der Waals surface area (Å²) in [6.45, 7) is 5.92. The summed E-state index contributed by atoms with van der Waals surface area (Å²) in [6.07, 6.45) is 9.32. The molecule has 1 aliphatic rings. The minimum absolute atomic E-state index is 0.0703. The minimum atomic E-state index is -0.448. The fourth-order valence-corrected chi connectivity index (χ4v) is 6.07. The van der Waals surface area contributed by atoms with Crippen LogP contribution in [0.1, 0.15) is 36.8 Å². The highest BCUT2D eigenvalue weighted by molar-refractivity contribution is 7.22. The summed E-state index contributed by atoms with van der Waals surface area (Å²) in [6, 6.07) is 4.57. The van der Waals surface area contributed by atoms with E-state index >= 15 is 0 Å². The van der Waals surface area contributed by atoms with E-state index in [2.05, 4.69) is 44.9 Å². The number of fused-ring (bicyclic) bond motifs is 5. The highest BCUT2D eigenvalue weighted by Crippen LogP contribution is 2.45. The molecule has 10 heteroatoms. The molecule has 0 fully saturated rings. The van der Waals surface area contributed by atoms with Crippen LogP contribution in [0.25, 0.3) is 20.7 Å². The summed E-state index contributed by atoms with van der Waals surface area (Å²) in [5, 5.41) is 9.27. The predicted molar refractivity (Wildman–Crippen MR) is 137 cm³/mol. The number of nitrogens with one attached hydrogen (secondary N) is 1. The second-order valence-electron chi connectivity index (χ2n) is 8.95. The van der Waals surface area contributed by atoms with Gasteiger partial charge in [-0.15, -0.1) is 11.3 Å². The van der Waals surface area contributed by atoms with Crippen molar-refractivity contribution in [2.45, 2.75) is 45.7 Å². The Morgan fingerprint density at radius 1 is 1.17 bits per heavy atom. The quantitative estimate of drug-likeness (QED) is 0.296. The van der Waals surface area contributed by atoms with E-state index in [-0.39, 0.29) is 5.02 Å². The van der Waals surface area contributed by atoms with Crippen molar-refractivity contribution in [1.29, 1.82) is 0 Å². The van der Waals surface area contributed by atoms with E-state index in [0.29, 0.717) is 17.4 Å². The minimum Gasteiger partial charge on any atom is -0.340 e. The normalized spacial score (nSPS) is 12.8. The summed E-state index contributed by atoms with van der Waals surface area (Å²) in [4.78, 5) is 15.6. The monoisotopic (exact) mass is 507 g/mol. The highest BCUT2D eigenvalue weighted by atomic mass is 35.5.